The monoisotopic (exact) mass is 462 g/mol. The highest BCUT2D eigenvalue weighted by Crippen LogP contribution is 2.40. The number of amidine groups is 1. The molecule has 4 rings (SSSR count). The molecular weight excluding hydrogens is 428 g/mol. The van der Waals surface area contributed by atoms with Crippen molar-refractivity contribution in [3.05, 3.63) is 60.7 Å². The molecule has 0 unspecified atom stereocenters. The van der Waals surface area contributed by atoms with Gasteiger partial charge < -0.3 is 14.4 Å². The summed E-state index contributed by atoms with van der Waals surface area (Å²) < 4.78 is 11.5. The van der Waals surface area contributed by atoms with E-state index in [4.69, 9.17) is 14.5 Å². The number of rotatable bonds is 5. The van der Waals surface area contributed by atoms with E-state index in [1.165, 1.54) is 0 Å². The number of benzene rings is 2. The molecule has 2 aliphatic rings. The molecule has 0 spiro atoms. The molecule has 1 amide bonds. The molecule has 7 heteroatoms. The summed E-state index contributed by atoms with van der Waals surface area (Å²) in [5, 5.41) is 0. The molecule has 2 heterocycles. The third kappa shape index (κ3) is 5.25. The van der Waals surface area contributed by atoms with Crippen molar-refractivity contribution in [2.45, 2.75) is 33.3 Å². The fourth-order valence-corrected chi connectivity index (χ4v) is 4.21. The number of nitrogens with zero attached hydrogens (tertiary/aromatic N) is 4. The first-order valence-corrected chi connectivity index (χ1v) is 11.8. The highest BCUT2D eigenvalue weighted by molar-refractivity contribution is 6.14. The van der Waals surface area contributed by atoms with Crippen LogP contribution in [0.1, 0.15) is 33.3 Å². The zero-order valence-corrected chi connectivity index (χ0v) is 20.6. The molecule has 2 aromatic carbocycles. The Balaban J connectivity index is 1.56. The van der Waals surface area contributed by atoms with Gasteiger partial charge in [-0.3, -0.25) is 9.80 Å². The molecule has 34 heavy (non-hydrogen) atoms. The second-order valence-electron chi connectivity index (χ2n) is 9.47. The molecule has 0 N–H and O–H groups in total. The van der Waals surface area contributed by atoms with Gasteiger partial charge in [-0.1, -0.05) is 36.9 Å². The second-order valence-corrected chi connectivity index (χ2v) is 9.47. The van der Waals surface area contributed by atoms with Crippen LogP contribution < -0.4 is 9.64 Å². The van der Waals surface area contributed by atoms with Crippen molar-refractivity contribution >= 4 is 29.0 Å². The van der Waals surface area contributed by atoms with Crippen LogP contribution in [-0.4, -0.2) is 66.7 Å². The van der Waals surface area contributed by atoms with Crippen molar-refractivity contribution in [2.75, 3.05) is 44.2 Å². The topological polar surface area (TPSA) is 57.6 Å². The number of aliphatic imine (C=N–C) groups is 1. The molecule has 0 aliphatic carbocycles. The molecule has 7 nitrogen and oxygen atoms in total. The molecule has 0 bridgehead atoms. The number of anilines is 1. The van der Waals surface area contributed by atoms with Crippen LogP contribution in [0.25, 0.3) is 5.70 Å². The van der Waals surface area contributed by atoms with Crippen molar-refractivity contribution in [2.24, 2.45) is 4.99 Å². The van der Waals surface area contributed by atoms with E-state index in [9.17, 15) is 4.79 Å². The fraction of sp³-hybridized carbons (Fsp3) is 0.407. The van der Waals surface area contributed by atoms with E-state index in [1.807, 2.05) is 76.2 Å². The molecular formula is C27H34N4O3. The Morgan fingerprint density at radius 1 is 1.03 bits per heavy atom. The maximum absolute atomic E-state index is 12.5. The van der Waals surface area contributed by atoms with Gasteiger partial charge in [-0.25, -0.2) is 9.79 Å². The van der Waals surface area contributed by atoms with Crippen LogP contribution in [0.5, 0.6) is 5.75 Å². The smallest absolute Gasteiger partial charge is 0.410 e. The summed E-state index contributed by atoms with van der Waals surface area (Å²) in [6.45, 7) is 16.0. The van der Waals surface area contributed by atoms with E-state index >= 15 is 0 Å². The number of para-hydroxylation sites is 3. The van der Waals surface area contributed by atoms with E-state index in [0.717, 1.165) is 47.3 Å². The maximum atomic E-state index is 12.5. The van der Waals surface area contributed by atoms with Gasteiger partial charge in [-0.05, 0) is 45.9 Å². The summed E-state index contributed by atoms with van der Waals surface area (Å²) in [4.78, 5) is 23.7. The Bertz CT molecular complexity index is 1080. The summed E-state index contributed by atoms with van der Waals surface area (Å²) in [5.41, 5.74) is 3.23. The van der Waals surface area contributed by atoms with Gasteiger partial charge in [0.15, 0.2) is 0 Å². The number of ether oxygens (including phenoxy) is 2. The molecule has 180 valence electrons. The van der Waals surface area contributed by atoms with Gasteiger partial charge in [0.25, 0.3) is 0 Å². The lowest BCUT2D eigenvalue weighted by atomic mass is 10.1. The first-order valence-electron chi connectivity index (χ1n) is 11.8. The minimum atomic E-state index is -0.493. The Hall–Kier alpha value is -3.32. The van der Waals surface area contributed by atoms with E-state index in [2.05, 4.69) is 16.4 Å². The predicted molar refractivity (Wildman–Crippen MR) is 137 cm³/mol. The third-order valence-corrected chi connectivity index (χ3v) is 5.79. The number of piperazine rings is 1. The largest absolute Gasteiger partial charge is 0.492 e. The standard InChI is InChI=1S/C27H34N4O3/c1-6-33-24-14-10-9-13-23(24)31-20(2)21-11-7-8-12-22(21)28-25(31)19-29-15-17-30(18-16-29)26(32)34-27(3,4)5/h7-14H,2,6,15-19H2,1,3-5H3. The summed E-state index contributed by atoms with van der Waals surface area (Å²) >= 11 is 0. The van der Waals surface area contributed by atoms with Crippen LogP contribution in [0.4, 0.5) is 16.2 Å². The lowest BCUT2D eigenvalue weighted by Gasteiger charge is -2.39. The van der Waals surface area contributed by atoms with Gasteiger partial charge in [-0.15, -0.1) is 0 Å². The minimum Gasteiger partial charge on any atom is -0.492 e. The quantitative estimate of drug-likeness (QED) is 0.614. The molecule has 1 fully saturated rings. The van der Waals surface area contributed by atoms with Gasteiger partial charge in [0.05, 0.1) is 24.5 Å². The molecule has 1 saturated heterocycles. The Morgan fingerprint density at radius 2 is 1.71 bits per heavy atom. The van der Waals surface area contributed by atoms with Gasteiger partial charge in [0.1, 0.15) is 17.2 Å². The molecule has 2 aromatic rings. The average Bonchev–Trinajstić information content (AvgIpc) is 2.80. The summed E-state index contributed by atoms with van der Waals surface area (Å²) in [6, 6.07) is 16.1. The Labute approximate surface area is 202 Å². The SMILES string of the molecule is C=C1c2ccccc2N=C(CN2CCN(C(=O)OC(C)(C)C)CC2)N1c1ccccc1OCC. The summed E-state index contributed by atoms with van der Waals surface area (Å²) in [6.07, 6.45) is -0.253. The number of hydrogen-bond acceptors (Lipinski definition) is 6. The molecule has 0 saturated carbocycles. The van der Waals surface area contributed by atoms with E-state index in [0.29, 0.717) is 26.2 Å². The molecule has 0 aromatic heterocycles. The average molecular weight is 463 g/mol. The summed E-state index contributed by atoms with van der Waals surface area (Å²) in [7, 11) is 0. The van der Waals surface area contributed by atoms with Crippen LogP contribution in [-0.2, 0) is 4.74 Å². The van der Waals surface area contributed by atoms with E-state index in [1.54, 1.807) is 4.90 Å². The van der Waals surface area contributed by atoms with Gasteiger partial charge in [-0.2, -0.15) is 0 Å². The van der Waals surface area contributed by atoms with Crippen molar-refractivity contribution < 1.29 is 14.3 Å². The van der Waals surface area contributed by atoms with Crippen molar-refractivity contribution in [3.63, 3.8) is 0 Å². The maximum Gasteiger partial charge on any atom is 0.410 e. The van der Waals surface area contributed by atoms with Crippen molar-refractivity contribution in [3.8, 4) is 5.75 Å². The van der Waals surface area contributed by atoms with Crippen LogP contribution in [0.15, 0.2) is 60.1 Å². The first-order chi connectivity index (χ1) is 16.3. The van der Waals surface area contributed by atoms with Crippen LogP contribution in [0, 0.1) is 0 Å². The number of amides is 1. The number of fused-ring (bicyclic) bond motifs is 1. The summed E-state index contributed by atoms with van der Waals surface area (Å²) in [5.74, 6) is 1.69. The number of carbonyl (C=O) groups is 1. The highest BCUT2D eigenvalue weighted by atomic mass is 16.6. The van der Waals surface area contributed by atoms with Crippen molar-refractivity contribution in [1.29, 1.82) is 0 Å². The molecule has 0 atom stereocenters. The van der Waals surface area contributed by atoms with Crippen LogP contribution >= 0.6 is 0 Å². The minimum absolute atomic E-state index is 0.253. The van der Waals surface area contributed by atoms with Gasteiger partial charge in [0, 0.05) is 37.4 Å². The van der Waals surface area contributed by atoms with Gasteiger partial charge >= 0.3 is 6.09 Å². The first kappa shape index (κ1) is 23.8. The Morgan fingerprint density at radius 3 is 2.41 bits per heavy atom. The van der Waals surface area contributed by atoms with Crippen LogP contribution in [0.3, 0.4) is 0 Å². The lowest BCUT2D eigenvalue weighted by molar-refractivity contribution is 0.0157. The Kier molecular flexibility index (Phi) is 6.93. The third-order valence-electron chi connectivity index (χ3n) is 5.79. The molecule has 0 radical (unpaired) electrons. The normalized spacial score (nSPS) is 16.7. The highest BCUT2D eigenvalue weighted by Gasteiger charge is 2.31. The van der Waals surface area contributed by atoms with Crippen LogP contribution in [0.2, 0.25) is 0 Å². The van der Waals surface area contributed by atoms with E-state index in [-0.39, 0.29) is 6.09 Å². The number of hydrogen-bond donors (Lipinski definition) is 0. The predicted octanol–water partition coefficient (Wildman–Crippen LogP) is 5.16. The lowest BCUT2D eigenvalue weighted by Crippen LogP contribution is -2.52. The van der Waals surface area contributed by atoms with Gasteiger partial charge in [0.2, 0.25) is 0 Å². The second kappa shape index (κ2) is 9.89. The van der Waals surface area contributed by atoms with E-state index < -0.39 is 5.60 Å². The molecule has 2 aliphatic heterocycles. The zero-order chi connectivity index (χ0) is 24.3. The number of carbonyl (C=O) groups excluding carboxylic acids is 1. The fourth-order valence-electron chi connectivity index (χ4n) is 4.21. The van der Waals surface area contributed by atoms with Crippen molar-refractivity contribution in [1.82, 2.24) is 9.80 Å². The zero-order valence-electron chi connectivity index (χ0n) is 20.6.